The monoisotopic (exact) mass is 390 g/mol. The molecule has 1 unspecified atom stereocenters. The molecule has 1 rings (SSSR count). The number of carbonyl (C=O) groups excluding carboxylic acids is 1. The molecule has 1 aromatic carbocycles. The van der Waals surface area contributed by atoms with E-state index in [1.807, 2.05) is 13.8 Å². The van der Waals surface area contributed by atoms with E-state index in [1.165, 1.54) is 16.4 Å². The summed E-state index contributed by atoms with van der Waals surface area (Å²) in [7, 11) is -3.58. The van der Waals surface area contributed by atoms with Gasteiger partial charge in [-0.15, -0.1) is 0 Å². The highest BCUT2D eigenvalue weighted by Gasteiger charge is 2.23. The molecule has 0 radical (unpaired) electrons. The Labute approximate surface area is 141 Å². The molecule has 0 aliphatic carbocycles. The second-order valence-electron chi connectivity index (χ2n) is 5.01. The summed E-state index contributed by atoms with van der Waals surface area (Å²) in [6.45, 7) is 8.24. The number of rotatable bonds is 7. The number of halogens is 1. The minimum atomic E-state index is -3.58. The topological polar surface area (TPSA) is 66.5 Å². The van der Waals surface area contributed by atoms with Crippen LogP contribution in [0.2, 0.25) is 0 Å². The maximum atomic E-state index is 12.5. The van der Waals surface area contributed by atoms with Crippen molar-refractivity contribution in [2.24, 2.45) is 0 Å². The van der Waals surface area contributed by atoms with Crippen LogP contribution in [0.3, 0.4) is 0 Å². The molecule has 1 N–H and O–H groups in total. The van der Waals surface area contributed by atoms with Crippen molar-refractivity contribution in [3.8, 4) is 0 Å². The largest absolute Gasteiger partial charge is 0.350 e. The summed E-state index contributed by atoms with van der Waals surface area (Å²) in [5, 5.41) is 2.85. The van der Waals surface area contributed by atoms with Crippen molar-refractivity contribution in [1.29, 1.82) is 0 Å². The summed E-state index contributed by atoms with van der Waals surface area (Å²) in [5.41, 5.74) is 0.327. The third-order valence-electron chi connectivity index (χ3n) is 3.52. The Bertz CT molecular complexity index is 628. The number of amides is 1. The first-order valence-corrected chi connectivity index (χ1v) is 9.61. The minimum Gasteiger partial charge on any atom is -0.350 e. The quantitative estimate of drug-likeness (QED) is 0.777. The highest BCUT2D eigenvalue weighted by atomic mass is 79.9. The first kappa shape index (κ1) is 19.1. The molecule has 1 amide bonds. The SMILES string of the molecule is CCC(C)NC(=O)c1cc(S(=O)(=O)N(CC)CC)ccc1Br. The first-order valence-electron chi connectivity index (χ1n) is 7.38. The van der Waals surface area contributed by atoms with Crippen LogP contribution in [0.25, 0.3) is 0 Å². The molecule has 1 aromatic rings. The second-order valence-corrected chi connectivity index (χ2v) is 7.81. The van der Waals surface area contributed by atoms with Gasteiger partial charge in [0.25, 0.3) is 5.91 Å². The van der Waals surface area contributed by atoms with Crippen LogP contribution in [-0.4, -0.2) is 37.8 Å². The Morgan fingerprint density at radius 1 is 1.27 bits per heavy atom. The molecule has 0 aromatic heterocycles. The predicted octanol–water partition coefficient (Wildman–Crippen LogP) is 3.01. The molecule has 0 aliphatic heterocycles. The molecule has 0 saturated heterocycles. The van der Waals surface area contributed by atoms with E-state index in [9.17, 15) is 13.2 Å². The van der Waals surface area contributed by atoms with Gasteiger partial charge in [-0.2, -0.15) is 4.31 Å². The van der Waals surface area contributed by atoms with E-state index in [0.717, 1.165) is 6.42 Å². The van der Waals surface area contributed by atoms with Crippen molar-refractivity contribution in [3.63, 3.8) is 0 Å². The van der Waals surface area contributed by atoms with Crippen LogP contribution in [0.1, 0.15) is 44.5 Å². The highest BCUT2D eigenvalue weighted by molar-refractivity contribution is 9.10. The van der Waals surface area contributed by atoms with Gasteiger partial charge in [0.2, 0.25) is 10.0 Å². The number of nitrogens with one attached hydrogen (secondary N) is 1. The van der Waals surface area contributed by atoms with E-state index >= 15 is 0 Å². The van der Waals surface area contributed by atoms with Crippen LogP contribution >= 0.6 is 15.9 Å². The molecule has 1 atom stereocenters. The lowest BCUT2D eigenvalue weighted by atomic mass is 10.2. The fourth-order valence-corrected chi connectivity index (χ4v) is 3.87. The van der Waals surface area contributed by atoms with E-state index < -0.39 is 10.0 Å². The van der Waals surface area contributed by atoms with Crippen molar-refractivity contribution in [3.05, 3.63) is 28.2 Å². The van der Waals surface area contributed by atoms with Gasteiger partial charge in [-0.1, -0.05) is 20.8 Å². The van der Waals surface area contributed by atoms with E-state index in [0.29, 0.717) is 23.1 Å². The summed E-state index contributed by atoms with van der Waals surface area (Å²) in [4.78, 5) is 12.4. The van der Waals surface area contributed by atoms with Crippen LogP contribution < -0.4 is 5.32 Å². The zero-order valence-electron chi connectivity index (χ0n) is 13.4. The van der Waals surface area contributed by atoms with Crippen molar-refractivity contribution in [1.82, 2.24) is 9.62 Å². The van der Waals surface area contributed by atoms with Crippen molar-refractivity contribution in [2.75, 3.05) is 13.1 Å². The Hall–Kier alpha value is -0.920. The van der Waals surface area contributed by atoms with Crippen LogP contribution in [0.4, 0.5) is 0 Å². The number of nitrogens with zero attached hydrogens (tertiary/aromatic N) is 1. The summed E-state index contributed by atoms with van der Waals surface area (Å²) in [5.74, 6) is -0.280. The zero-order chi connectivity index (χ0) is 16.9. The molecule has 22 heavy (non-hydrogen) atoms. The maximum Gasteiger partial charge on any atom is 0.252 e. The third-order valence-corrected chi connectivity index (χ3v) is 6.25. The summed E-state index contributed by atoms with van der Waals surface area (Å²) in [6, 6.07) is 4.57. The fourth-order valence-electron chi connectivity index (χ4n) is 1.96. The van der Waals surface area contributed by atoms with Crippen LogP contribution in [0.5, 0.6) is 0 Å². The molecule has 124 valence electrons. The summed E-state index contributed by atoms with van der Waals surface area (Å²) >= 11 is 3.31. The van der Waals surface area contributed by atoms with Crippen LogP contribution in [0, 0.1) is 0 Å². The van der Waals surface area contributed by atoms with E-state index in [-0.39, 0.29) is 16.8 Å². The predicted molar refractivity (Wildman–Crippen MR) is 91.5 cm³/mol. The molecule has 0 bridgehead atoms. The molecular formula is C15H23BrN2O3S. The van der Waals surface area contributed by atoms with Gasteiger partial charge >= 0.3 is 0 Å². The molecule has 0 spiro atoms. The summed E-state index contributed by atoms with van der Waals surface area (Å²) in [6.07, 6.45) is 0.806. The summed E-state index contributed by atoms with van der Waals surface area (Å²) < 4.78 is 27.0. The zero-order valence-corrected chi connectivity index (χ0v) is 15.8. The van der Waals surface area contributed by atoms with Crippen molar-refractivity contribution < 1.29 is 13.2 Å². The first-order chi connectivity index (χ1) is 10.3. The minimum absolute atomic E-state index is 0.0300. The second kappa shape index (κ2) is 8.08. The molecule has 0 saturated carbocycles. The number of hydrogen-bond donors (Lipinski definition) is 1. The molecule has 0 heterocycles. The van der Waals surface area contributed by atoms with Gasteiger partial charge in [-0.05, 0) is 47.5 Å². The molecule has 7 heteroatoms. The lowest BCUT2D eigenvalue weighted by Gasteiger charge is -2.19. The average molecular weight is 391 g/mol. The molecule has 5 nitrogen and oxygen atoms in total. The smallest absolute Gasteiger partial charge is 0.252 e. The van der Waals surface area contributed by atoms with Crippen molar-refractivity contribution in [2.45, 2.75) is 45.1 Å². The molecule has 0 aliphatic rings. The van der Waals surface area contributed by atoms with Gasteiger partial charge in [-0.25, -0.2) is 8.42 Å². The van der Waals surface area contributed by atoms with Gasteiger partial charge in [0.05, 0.1) is 10.5 Å². The lowest BCUT2D eigenvalue weighted by molar-refractivity contribution is 0.0938. The normalized spacial score (nSPS) is 13.2. The Morgan fingerprint density at radius 3 is 2.36 bits per heavy atom. The number of sulfonamides is 1. The number of benzene rings is 1. The highest BCUT2D eigenvalue weighted by Crippen LogP contribution is 2.23. The van der Waals surface area contributed by atoms with Crippen LogP contribution in [0.15, 0.2) is 27.6 Å². The number of hydrogen-bond acceptors (Lipinski definition) is 3. The third kappa shape index (κ3) is 4.30. The van der Waals surface area contributed by atoms with Gasteiger partial charge in [0, 0.05) is 23.6 Å². The van der Waals surface area contributed by atoms with Gasteiger partial charge in [0.15, 0.2) is 0 Å². The van der Waals surface area contributed by atoms with Crippen LogP contribution in [-0.2, 0) is 10.0 Å². The van der Waals surface area contributed by atoms with E-state index in [4.69, 9.17) is 0 Å². The van der Waals surface area contributed by atoms with E-state index in [2.05, 4.69) is 21.2 Å². The Balaban J connectivity index is 3.22. The van der Waals surface area contributed by atoms with E-state index in [1.54, 1.807) is 19.9 Å². The lowest BCUT2D eigenvalue weighted by Crippen LogP contribution is -2.33. The molecule has 0 fully saturated rings. The Morgan fingerprint density at radius 2 is 1.86 bits per heavy atom. The van der Waals surface area contributed by atoms with Gasteiger partial charge in [-0.3, -0.25) is 4.79 Å². The fraction of sp³-hybridized carbons (Fsp3) is 0.533. The standard InChI is InChI=1S/C15H23BrN2O3S/c1-5-11(4)17-15(19)13-10-12(8-9-14(13)16)22(20,21)18(6-2)7-3/h8-11H,5-7H2,1-4H3,(H,17,19). The Kier molecular flexibility index (Phi) is 7.02. The average Bonchev–Trinajstić information content (AvgIpc) is 2.48. The van der Waals surface area contributed by atoms with Gasteiger partial charge < -0.3 is 5.32 Å². The molecular weight excluding hydrogens is 368 g/mol. The van der Waals surface area contributed by atoms with Gasteiger partial charge in [0.1, 0.15) is 0 Å². The number of carbonyl (C=O) groups is 1. The maximum absolute atomic E-state index is 12.5. The van der Waals surface area contributed by atoms with Crippen molar-refractivity contribution >= 4 is 31.9 Å².